The van der Waals surface area contributed by atoms with Crippen LogP contribution < -0.4 is 5.73 Å². The number of nitrogens with two attached hydrogens (primary N) is 1. The highest BCUT2D eigenvalue weighted by molar-refractivity contribution is 9.10. The molecule has 0 saturated carbocycles. The zero-order valence-corrected chi connectivity index (χ0v) is 12.6. The van der Waals surface area contributed by atoms with Crippen molar-refractivity contribution in [3.05, 3.63) is 28.7 Å². The van der Waals surface area contributed by atoms with Gasteiger partial charge >= 0.3 is 11.9 Å². The van der Waals surface area contributed by atoms with Crippen molar-refractivity contribution in [2.75, 3.05) is 18.9 Å². The zero-order valence-electron chi connectivity index (χ0n) is 11.0. The van der Waals surface area contributed by atoms with Crippen molar-refractivity contribution in [1.82, 2.24) is 0 Å². The minimum absolute atomic E-state index is 0.290. The maximum absolute atomic E-state index is 10.6. The number of carbonyl (C=O) groups excluding carboxylic acids is 2. The average molecular weight is 332 g/mol. The summed E-state index contributed by atoms with van der Waals surface area (Å²) in [5.74, 6) is -1.07. The van der Waals surface area contributed by atoms with Crippen LogP contribution in [0.3, 0.4) is 0 Å². The Morgan fingerprint density at radius 2 is 1.47 bits per heavy atom. The van der Waals surface area contributed by atoms with Crippen LogP contribution in [-0.2, 0) is 19.1 Å². The molecule has 0 fully saturated rings. The second-order valence-electron chi connectivity index (χ2n) is 3.34. The van der Waals surface area contributed by atoms with E-state index in [0.29, 0.717) is 0 Å². The van der Waals surface area contributed by atoms with E-state index in [-0.39, 0.29) is 19.6 Å². The molecule has 1 aromatic carbocycles. The molecule has 0 radical (unpaired) electrons. The molecule has 1 aromatic rings. The highest BCUT2D eigenvalue weighted by Gasteiger charge is 2.09. The lowest BCUT2D eigenvalue weighted by atomic mass is 10.3. The molecule has 106 valence electrons. The lowest BCUT2D eigenvalue weighted by Gasteiger charge is -2.00. The van der Waals surface area contributed by atoms with Gasteiger partial charge in [-0.05, 0) is 38.1 Å². The van der Waals surface area contributed by atoms with E-state index in [0.717, 1.165) is 10.2 Å². The molecular formula is C13H18BrNO4. The summed E-state index contributed by atoms with van der Waals surface area (Å²) in [6.45, 7) is 3.95. The van der Waals surface area contributed by atoms with Crippen LogP contribution in [0.5, 0.6) is 0 Å². The van der Waals surface area contributed by atoms with E-state index in [9.17, 15) is 9.59 Å². The molecule has 0 aliphatic carbocycles. The molecule has 0 unspecified atom stereocenters. The Hall–Kier alpha value is -1.56. The summed E-state index contributed by atoms with van der Waals surface area (Å²) in [5, 5.41) is 0. The van der Waals surface area contributed by atoms with E-state index >= 15 is 0 Å². The number of hydrogen-bond donors (Lipinski definition) is 1. The van der Waals surface area contributed by atoms with Gasteiger partial charge in [-0.15, -0.1) is 0 Å². The van der Waals surface area contributed by atoms with Crippen LogP contribution in [-0.4, -0.2) is 25.2 Å². The fourth-order valence-electron chi connectivity index (χ4n) is 1.00. The third-order valence-electron chi connectivity index (χ3n) is 1.77. The summed E-state index contributed by atoms with van der Waals surface area (Å²) < 4.78 is 10.1. The molecule has 0 aromatic heterocycles. The van der Waals surface area contributed by atoms with Gasteiger partial charge < -0.3 is 15.2 Å². The molecule has 6 heteroatoms. The van der Waals surface area contributed by atoms with Crippen molar-refractivity contribution in [3.8, 4) is 0 Å². The first-order valence-electron chi connectivity index (χ1n) is 5.81. The van der Waals surface area contributed by atoms with E-state index in [1.165, 1.54) is 0 Å². The van der Waals surface area contributed by atoms with Crippen LogP contribution >= 0.6 is 15.9 Å². The predicted molar refractivity (Wildman–Crippen MR) is 76.4 cm³/mol. The van der Waals surface area contributed by atoms with Crippen molar-refractivity contribution in [3.63, 3.8) is 0 Å². The van der Waals surface area contributed by atoms with Gasteiger partial charge in [0.2, 0.25) is 0 Å². The fraction of sp³-hybridized carbons (Fsp3) is 0.385. The molecule has 0 saturated heterocycles. The Morgan fingerprint density at radius 1 is 1.05 bits per heavy atom. The van der Waals surface area contributed by atoms with Crippen molar-refractivity contribution >= 4 is 33.6 Å². The molecule has 5 nitrogen and oxygen atoms in total. The molecule has 0 amide bonds. The third kappa shape index (κ3) is 10.1. The number of hydrogen-bond acceptors (Lipinski definition) is 5. The number of rotatable bonds is 4. The van der Waals surface area contributed by atoms with Crippen LogP contribution in [0, 0.1) is 0 Å². The monoisotopic (exact) mass is 331 g/mol. The van der Waals surface area contributed by atoms with Crippen molar-refractivity contribution in [2.45, 2.75) is 20.3 Å². The van der Waals surface area contributed by atoms with Gasteiger partial charge in [0.05, 0.1) is 13.2 Å². The van der Waals surface area contributed by atoms with Gasteiger partial charge in [-0.2, -0.15) is 0 Å². The second-order valence-corrected chi connectivity index (χ2v) is 4.25. The Bertz CT molecular complexity index is 355. The van der Waals surface area contributed by atoms with Gasteiger partial charge in [0.25, 0.3) is 0 Å². The summed E-state index contributed by atoms with van der Waals surface area (Å²) >= 11 is 3.29. The van der Waals surface area contributed by atoms with Gasteiger partial charge in [0, 0.05) is 10.2 Å². The molecule has 1 rings (SSSR count). The third-order valence-corrected chi connectivity index (χ3v) is 2.30. The Kier molecular flexibility index (Phi) is 9.52. The minimum atomic E-state index is -0.536. The topological polar surface area (TPSA) is 78.6 Å². The van der Waals surface area contributed by atoms with Gasteiger partial charge in [-0.25, -0.2) is 0 Å². The number of halogens is 1. The largest absolute Gasteiger partial charge is 0.466 e. The van der Waals surface area contributed by atoms with Crippen LogP contribution in [0.2, 0.25) is 0 Å². The average Bonchev–Trinajstić information content (AvgIpc) is 2.34. The quantitative estimate of drug-likeness (QED) is 0.521. The van der Waals surface area contributed by atoms with E-state index < -0.39 is 11.9 Å². The number of ether oxygens (including phenoxy) is 2. The molecule has 0 bridgehead atoms. The fourth-order valence-corrected chi connectivity index (χ4v) is 1.27. The Labute approximate surface area is 121 Å². The molecule has 0 aliphatic heterocycles. The normalized spacial score (nSPS) is 9.00. The van der Waals surface area contributed by atoms with Gasteiger partial charge in [0.15, 0.2) is 0 Å². The summed E-state index contributed by atoms with van der Waals surface area (Å²) in [7, 11) is 0. The second kappa shape index (κ2) is 10.4. The van der Waals surface area contributed by atoms with E-state index in [2.05, 4.69) is 25.4 Å². The summed E-state index contributed by atoms with van der Waals surface area (Å²) in [5.41, 5.74) is 6.21. The minimum Gasteiger partial charge on any atom is -0.466 e. The Morgan fingerprint density at radius 3 is 1.79 bits per heavy atom. The number of esters is 2. The Balaban J connectivity index is 0.000000356. The molecule has 0 heterocycles. The zero-order chi connectivity index (χ0) is 14.7. The standard InChI is InChI=1S/C7H12O4.C6H6BrN/c1-3-10-6(8)5-7(9)11-4-2;7-5-1-3-6(8)4-2-5/h3-5H2,1-2H3;1-4H,8H2. The predicted octanol–water partition coefficient (Wildman–Crippen LogP) is 2.53. The first kappa shape index (κ1) is 17.4. The molecule has 0 atom stereocenters. The summed E-state index contributed by atoms with van der Waals surface area (Å²) in [6.07, 6.45) is -0.290. The molecular weight excluding hydrogens is 314 g/mol. The van der Waals surface area contributed by atoms with E-state index in [1.54, 1.807) is 13.8 Å². The number of nitrogen functional groups attached to an aromatic ring is 1. The van der Waals surface area contributed by atoms with Crippen molar-refractivity contribution in [2.24, 2.45) is 0 Å². The highest BCUT2D eigenvalue weighted by Crippen LogP contribution is 2.10. The molecule has 2 N–H and O–H groups in total. The molecule has 19 heavy (non-hydrogen) atoms. The van der Waals surface area contributed by atoms with E-state index in [4.69, 9.17) is 5.73 Å². The van der Waals surface area contributed by atoms with Crippen LogP contribution in [0.25, 0.3) is 0 Å². The van der Waals surface area contributed by atoms with Crippen LogP contribution in [0.4, 0.5) is 5.69 Å². The van der Waals surface area contributed by atoms with Gasteiger partial charge in [0.1, 0.15) is 6.42 Å². The lowest BCUT2D eigenvalue weighted by molar-refractivity contribution is -0.153. The van der Waals surface area contributed by atoms with Crippen LogP contribution in [0.15, 0.2) is 28.7 Å². The maximum Gasteiger partial charge on any atom is 0.317 e. The number of benzene rings is 1. The first-order chi connectivity index (χ1) is 8.99. The molecule has 0 aliphatic rings. The smallest absolute Gasteiger partial charge is 0.317 e. The summed E-state index contributed by atoms with van der Waals surface area (Å²) in [6, 6.07) is 7.53. The van der Waals surface area contributed by atoms with Crippen molar-refractivity contribution < 1.29 is 19.1 Å². The lowest BCUT2D eigenvalue weighted by Crippen LogP contribution is -2.13. The first-order valence-corrected chi connectivity index (χ1v) is 6.61. The number of carbonyl (C=O) groups is 2. The number of anilines is 1. The van der Waals surface area contributed by atoms with Crippen LogP contribution in [0.1, 0.15) is 20.3 Å². The summed E-state index contributed by atoms with van der Waals surface area (Å²) in [4.78, 5) is 21.2. The highest BCUT2D eigenvalue weighted by atomic mass is 79.9. The van der Waals surface area contributed by atoms with Crippen molar-refractivity contribution in [1.29, 1.82) is 0 Å². The maximum atomic E-state index is 10.6. The SMILES string of the molecule is CCOC(=O)CC(=O)OCC.Nc1ccc(Br)cc1. The van der Waals surface area contributed by atoms with Gasteiger partial charge in [-0.1, -0.05) is 15.9 Å². The van der Waals surface area contributed by atoms with E-state index in [1.807, 2.05) is 24.3 Å². The van der Waals surface area contributed by atoms with Gasteiger partial charge in [-0.3, -0.25) is 9.59 Å². The molecule has 0 spiro atoms.